The van der Waals surface area contributed by atoms with Crippen LogP contribution in [0.25, 0.3) is 5.57 Å². The van der Waals surface area contributed by atoms with E-state index in [1.807, 2.05) is 12.1 Å². The van der Waals surface area contributed by atoms with Gasteiger partial charge in [0, 0.05) is 22.8 Å². The van der Waals surface area contributed by atoms with Crippen molar-refractivity contribution in [1.82, 2.24) is 4.90 Å². The van der Waals surface area contributed by atoms with E-state index in [4.69, 9.17) is 22.1 Å². The van der Waals surface area contributed by atoms with E-state index in [1.165, 1.54) is 12.1 Å². The maximum Gasteiger partial charge on any atom is 0.410 e. The number of carbonyl (C=O) groups excluding carboxylic acids is 1. The molecule has 6 heteroatoms. The van der Waals surface area contributed by atoms with Crippen LogP contribution in [-0.2, 0) is 4.74 Å². The fraction of sp³-hybridized carbons (Fsp3) is 0.250. The summed E-state index contributed by atoms with van der Waals surface area (Å²) in [6, 6.07) is 11.1. The summed E-state index contributed by atoms with van der Waals surface area (Å²) in [5, 5.41) is 0.598. The van der Waals surface area contributed by atoms with Crippen LogP contribution in [0.5, 0.6) is 0 Å². The monoisotopic (exact) mass is 374 g/mol. The van der Waals surface area contributed by atoms with Gasteiger partial charge in [-0.05, 0) is 54.8 Å². The summed E-state index contributed by atoms with van der Waals surface area (Å²) in [6.45, 7) is 2.53. The van der Waals surface area contributed by atoms with Crippen molar-refractivity contribution in [3.8, 4) is 0 Å². The maximum atomic E-state index is 13.3. The summed E-state index contributed by atoms with van der Waals surface area (Å²) in [7, 11) is 0. The van der Waals surface area contributed by atoms with E-state index in [0.29, 0.717) is 30.3 Å². The molecule has 2 aromatic carbocycles. The Morgan fingerprint density at radius 1 is 1.31 bits per heavy atom. The number of nitrogens with two attached hydrogens (primary N) is 1. The first-order chi connectivity index (χ1) is 12.5. The second-order valence-electron chi connectivity index (χ2n) is 6.06. The molecule has 0 saturated heterocycles. The van der Waals surface area contributed by atoms with Crippen molar-refractivity contribution in [2.75, 3.05) is 18.9 Å². The zero-order valence-electron chi connectivity index (χ0n) is 14.4. The maximum absolute atomic E-state index is 13.3. The molecule has 0 fully saturated rings. The third-order valence-electron chi connectivity index (χ3n) is 4.39. The zero-order chi connectivity index (χ0) is 18.7. The van der Waals surface area contributed by atoms with Gasteiger partial charge in [0.2, 0.25) is 0 Å². The van der Waals surface area contributed by atoms with Gasteiger partial charge in [0.05, 0.1) is 12.6 Å². The number of benzene rings is 2. The van der Waals surface area contributed by atoms with E-state index in [1.54, 1.807) is 36.1 Å². The molecule has 0 radical (unpaired) electrons. The second kappa shape index (κ2) is 7.79. The number of anilines is 1. The van der Waals surface area contributed by atoms with Gasteiger partial charge in [-0.2, -0.15) is 0 Å². The van der Waals surface area contributed by atoms with Crippen molar-refractivity contribution in [3.63, 3.8) is 0 Å². The van der Waals surface area contributed by atoms with Crippen LogP contribution < -0.4 is 5.73 Å². The van der Waals surface area contributed by atoms with Crippen LogP contribution in [0.2, 0.25) is 5.02 Å². The van der Waals surface area contributed by atoms with E-state index in [0.717, 1.165) is 16.7 Å². The number of ether oxygens (including phenoxy) is 1. The first-order valence-electron chi connectivity index (χ1n) is 8.44. The molecule has 136 valence electrons. The molecule has 1 atom stereocenters. The number of rotatable bonds is 3. The molecule has 4 nitrogen and oxygen atoms in total. The quantitative estimate of drug-likeness (QED) is 0.765. The zero-order valence-corrected chi connectivity index (χ0v) is 15.2. The molecule has 0 aliphatic carbocycles. The molecule has 0 aromatic heterocycles. The topological polar surface area (TPSA) is 55.6 Å². The van der Waals surface area contributed by atoms with Crippen LogP contribution >= 0.6 is 11.6 Å². The highest BCUT2D eigenvalue weighted by atomic mass is 35.5. The van der Waals surface area contributed by atoms with Crippen LogP contribution in [0.1, 0.15) is 30.5 Å². The number of amides is 1. The Balaban J connectivity index is 2.03. The lowest BCUT2D eigenvalue weighted by Crippen LogP contribution is -2.37. The molecule has 1 aliphatic heterocycles. The highest BCUT2D eigenvalue weighted by Gasteiger charge is 2.29. The molecule has 1 heterocycles. The fourth-order valence-electron chi connectivity index (χ4n) is 3.12. The highest BCUT2D eigenvalue weighted by molar-refractivity contribution is 6.30. The summed E-state index contributed by atoms with van der Waals surface area (Å²) in [5.41, 5.74) is 9.40. The minimum Gasteiger partial charge on any atom is -0.450 e. The molecule has 0 bridgehead atoms. The van der Waals surface area contributed by atoms with Crippen molar-refractivity contribution in [3.05, 3.63) is 70.5 Å². The van der Waals surface area contributed by atoms with Gasteiger partial charge in [0.1, 0.15) is 5.82 Å². The number of hydrogen-bond donors (Lipinski definition) is 1. The van der Waals surface area contributed by atoms with Gasteiger partial charge in [-0.25, -0.2) is 9.18 Å². The van der Waals surface area contributed by atoms with Gasteiger partial charge in [-0.15, -0.1) is 0 Å². The van der Waals surface area contributed by atoms with Crippen molar-refractivity contribution in [2.24, 2.45) is 0 Å². The van der Waals surface area contributed by atoms with E-state index in [2.05, 4.69) is 0 Å². The molecule has 1 aliphatic rings. The molecule has 1 unspecified atom stereocenters. The number of hydrogen-bond acceptors (Lipinski definition) is 3. The molecular formula is C20H20ClFN2O2. The van der Waals surface area contributed by atoms with Crippen LogP contribution in [0.3, 0.4) is 0 Å². The number of halogens is 2. The van der Waals surface area contributed by atoms with Gasteiger partial charge < -0.3 is 10.5 Å². The number of nitrogens with zero attached hydrogens (tertiary/aromatic N) is 1. The summed E-state index contributed by atoms with van der Waals surface area (Å²) in [5.74, 6) is -0.324. The van der Waals surface area contributed by atoms with Crippen molar-refractivity contribution in [2.45, 2.75) is 19.4 Å². The van der Waals surface area contributed by atoms with Crippen molar-refractivity contribution < 1.29 is 13.9 Å². The van der Waals surface area contributed by atoms with E-state index < -0.39 is 6.09 Å². The SMILES string of the molecule is CCOC(=O)N1CCC(c2cc(Cl)ccc2N)=CC1c1ccc(F)cc1. The molecule has 2 N–H and O–H groups in total. The summed E-state index contributed by atoms with van der Waals surface area (Å²) < 4.78 is 18.5. The van der Waals surface area contributed by atoms with Crippen molar-refractivity contribution >= 4 is 29.0 Å². The first kappa shape index (κ1) is 18.3. The minimum atomic E-state index is -0.392. The largest absolute Gasteiger partial charge is 0.450 e. The van der Waals surface area contributed by atoms with Gasteiger partial charge in [-0.1, -0.05) is 29.8 Å². The lowest BCUT2D eigenvalue weighted by Gasteiger charge is -2.34. The third kappa shape index (κ3) is 3.83. The Morgan fingerprint density at radius 3 is 2.73 bits per heavy atom. The van der Waals surface area contributed by atoms with Gasteiger partial charge >= 0.3 is 6.09 Å². The molecule has 2 aromatic rings. The molecular weight excluding hydrogens is 355 g/mol. The second-order valence-corrected chi connectivity index (χ2v) is 6.50. The Kier molecular flexibility index (Phi) is 5.47. The molecule has 26 heavy (non-hydrogen) atoms. The summed E-state index contributed by atoms with van der Waals surface area (Å²) in [4.78, 5) is 14.0. The average Bonchev–Trinajstić information content (AvgIpc) is 2.64. The minimum absolute atomic E-state index is 0.295. The molecule has 0 spiro atoms. The summed E-state index contributed by atoms with van der Waals surface area (Å²) >= 11 is 6.12. The van der Waals surface area contributed by atoms with Gasteiger partial charge in [0.15, 0.2) is 0 Å². The standard InChI is InChI=1S/C20H20ClFN2O2/c1-2-26-20(25)24-10-9-14(17-12-15(21)5-8-18(17)23)11-19(24)13-3-6-16(22)7-4-13/h3-8,11-12,19H,2,9-10,23H2,1H3. The van der Waals surface area contributed by atoms with E-state index in [9.17, 15) is 9.18 Å². The smallest absolute Gasteiger partial charge is 0.410 e. The Labute approximate surface area is 157 Å². The van der Waals surface area contributed by atoms with Crippen molar-refractivity contribution in [1.29, 1.82) is 0 Å². The average molecular weight is 375 g/mol. The van der Waals surface area contributed by atoms with Crippen LogP contribution in [0.4, 0.5) is 14.9 Å². The molecule has 0 saturated carbocycles. The van der Waals surface area contributed by atoms with E-state index >= 15 is 0 Å². The predicted octanol–water partition coefficient (Wildman–Crippen LogP) is 5.05. The van der Waals surface area contributed by atoms with Gasteiger partial charge in [0.25, 0.3) is 0 Å². The lowest BCUT2D eigenvalue weighted by molar-refractivity contribution is 0.0968. The van der Waals surface area contributed by atoms with Crippen LogP contribution in [0.15, 0.2) is 48.5 Å². The first-order valence-corrected chi connectivity index (χ1v) is 8.82. The Bertz CT molecular complexity index is 836. The highest BCUT2D eigenvalue weighted by Crippen LogP contribution is 2.36. The third-order valence-corrected chi connectivity index (χ3v) is 4.63. The summed E-state index contributed by atoms with van der Waals surface area (Å²) in [6.07, 6.45) is 2.20. The fourth-order valence-corrected chi connectivity index (χ4v) is 3.29. The van der Waals surface area contributed by atoms with Crippen LogP contribution in [0, 0.1) is 5.82 Å². The normalized spacial score (nSPS) is 17.0. The van der Waals surface area contributed by atoms with Gasteiger partial charge in [-0.3, -0.25) is 4.90 Å². The predicted molar refractivity (Wildman–Crippen MR) is 101 cm³/mol. The van der Waals surface area contributed by atoms with E-state index in [-0.39, 0.29) is 11.9 Å². The number of carbonyl (C=O) groups is 1. The number of nitrogen functional groups attached to an aromatic ring is 1. The lowest BCUT2D eigenvalue weighted by atomic mass is 9.92. The Hall–Kier alpha value is -2.53. The van der Waals surface area contributed by atoms with Crippen LogP contribution in [-0.4, -0.2) is 24.1 Å². The molecule has 3 rings (SSSR count). The Morgan fingerprint density at radius 2 is 2.04 bits per heavy atom. The molecule has 1 amide bonds.